The van der Waals surface area contributed by atoms with Crippen LogP contribution in [0.25, 0.3) is 0 Å². The van der Waals surface area contributed by atoms with Crippen molar-refractivity contribution in [3.05, 3.63) is 29.8 Å². The molecule has 1 unspecified atom stereocenters. The molecule has 0 aromatic heterocycles. The van der Waals surface area contributed by atoms with Crippen LogP contribution in [0, 0.1) is 0 Å². The summed E-state index contributed by atoms with van der Waals surface area (Å²) in [6.45, 7) is 0.705. The molecule has 1 heterocycles. The van der Waals surface area contributed by atoms with Gasteiger partial charge in [-0.3, -0.25) is 4.79 Å². The van der Waals surface area contributed by atoms with E-state index in [9.17, 15) is 4.79 Å². The molecule has 3 rings (SSSR count). The molecule has 0 radical (unpaired) electrons. The highest BCUT2D eigenvalue weighted by atomic mass is 16.6. The first-order valence-corrected chi connectivity index (χ1v) is 7.33. The number of carbonyl (C=O) groups is 1. The van der Waals surface area contributed by atoms with Gasteiger partial charge in [-0.15, -0.1) is 0 Å². The van der Waals surface area contributed by atoms with Crippen molar-refractivity contribution in [1.82, 2.24) is 0 Å². The van der Waals surface area contributed by atoms with E-state index in [-0.39, 0.29) is 24.1 Å². The number of anilines is 1. The van der Waals surface area contributed by atoms with Crippen LogP contribution in [0.5, 0.6) is 0 Å². The van der Waals surface area contributed by atoms with Gasteiger partial charge < -0.3 is 15.2 Å². The topological polar surface area (TPSA) is 61.6 Å². The molecule has 1 spiro atoms. The number of esters is 1. The van der Waals surface area contributed by atoms with Gasteiger partial charge in [-0.05, 0) is 37.0 Å². The third-order valence-electron chi connectivity index (χ3n) is 4.31. The minimum absolute atomic E-state index is 0.0117. The monoisotopic (exact) mass is 275 g/mol. The molecule has 1 saturated heterocycles. The number of nitrogens with two attached hydrogens (primary N) is 1. The molecular formula is C16H21NO3. The fraction of sp³-hybridized carbons (Fsp3) is 0.562. The first-order chi connectivity index (χ1) is 9.65. The molecule has 0 bridgehead atoms. The van der Waals surface area contributed by atoms with Crippen LogP contribution in [0.3, 0.4) is 0 Å². The van der Waals surface area contributed by atoms with E-state index in [1.54, 1.807) is 0 Å². The summed E-state index contributed by atoms with van der Waals surface area (Å²) < 4.78 is 11.4. The lowest BCUT2D eigenvalue weighted by Gasteiger charge is -2.46. The quantitative estimate of drug-likeness (QED) is 0.680. The van der Waals surface area contributed by atoms with Gasteiger partial charge in [0.05, 0.1) is 18.6 Å². The van der Waals surface area contributed by atoms with E-state index >= 15 is 0 Å². The van der Waals surface area contributed by atoms with E-state index in [0.717, 1.165) is 31.2 Å². The van der Waals surface area contributed by atoms with E-state index in [1.807, 2.05) is 24.3 Å². The fourth-order valence-electron chi connectivity index (χ4n) is 3.10. The van der Waals surface area contributed by atoms with Crippen molar-refractivity contribution >= 4 is 11.7 Å². The Morgan fingerprint density at radius 1 is 1.45 bits per heavy atom. The Hall–Kier alpha value is -1.55. The zero-order valence-corrected chi connectivity index (χ0v) is 11.6. The molecule has 2 fully saturated rings. The minimum atomic E-state index is -0.169. The van der Waals surface area contributed by atoms with Gasteiger partial charge in [-0.1, -0.05) is 12.1 Å². The molecule has 1 aromatic rings. The lowest BCUT2D eigenvalue weighted by molar-refractivity contribution is -0.180. The summed E-state index contributed by atoms with van der Waals surface area (Å²) in [6.07, 6.45) is 5.41. The second-order valence-corrected chi connectivity index (χ2v) is 5.91. The molecule has 1 aromatic carbocycles. The van der Waals surface area contributed by atoms with Gasteiger partial charge >= 0.3 is 5.97 Å². The van der Waals surface area contributed by atoms with Gasteiger partial charge in [0.25, 0.3) is 0 Å². The summed E-state index contributed by atoms with van der Waals surface area (Å²) in [6, 6.07) is 7.39. The minimum Gasteiger partial charge on any atom is -0.462 e. The largest absolute Gasteiger partial charge is 0.462 e. The van der Waals surface area contributed by atoms with Crippen LogP contribution in [-0.4, -0.2) is 24.3 Å². The molecular weight excluding hydrogens is 254 g/mol. The molecule has 4 nitrogen and oxygen atoms in total. The standard InChI is InChI=1S/C16H21NO3/c17-13-4-1-3-12(9-13)10-15(18)20-14-5-8-19-16(11-14)6-2-7-16/h1,3-4,9,14H,2,5-8,10-11,17H2. The second kappa shape index (κ2) is 5.44. The van der Waals surface area contributed by atoms with Crippen molar-refractivity contribution in [2.24, 2.45) is 0 Å². The maximum Gasteiger partial charge on any atom is 0.310 e. The van der Waals surface area contributed by atoms with Gasteiger partial charge in [-0.2, -0.15) is 0 Å². The van der Waals surface area contributed by atoms with Crippen molar-refractivity contribution < 1.29 is 14.3 Å². The van der Waals surface area contributed by atoms with Gasteiger partial charge in [0, 0.05) is 18.5 Å². The number of carbonyl (C=O) groups excluding carboxylic acids is 1. The molecule has 0 amide bonds. The number of benzene rings is 1. The van der Waals surface area contributed by atoms with Crippen LogP contribution in [0.1, 0.15) is 37.7 Å². The molecule has 20 heavy (non-hydrogen) atoms. The summed E-state index contributed by atoms with van der Waals surface area (Å²) in [5, 5.41) is 0. The zero-order valence-electron chi connectivity index (χ0n) is 11.6. The lowest BCUT2D eigenvalue weighted by atomic mass is 9.74. The Bertz CT molecular complexity index is 496. The van der Waals surface area contributed by atoms with Crippen LogP contribution >= 0.6 is 0 Å². The predicted molar refractivity (Wildman–Crippen MR) is 76.2 cm³/mol. The van der Waals surface area contributed by atoms with Crippen molar-refractivity contribution in [3.63, 3.8) is 0 Å². The van der Waals surface area contributed by atoms with Crippen LogP contribution in [-0.2, 0) is 20.7 Å². The summed E-state index contributed by atoms with van der Waals surface area (Å²) >= 11 is 0. The first kappa shape index (κ1) is 13.4. The molecule has 108 valence electrons. The Kier molecular flexibility index (Phi) is 3.66. The Morgan fingerprint density at radius 3 is 3.00 bits per heavy atom. The van der Waals surface area contributed by atoms with Crippen molar-refractivity contribution in [1.29, 1.82) is 0 Å². The number of rotatable bonds is 3. The Morgan fingerprint density at radius 2 is 2.30 bits per heavy atom. The maximum atomic E-state index is 12.0. The van der Waals surface area contributed by atoms with E-state index in [0.29, 0.717) is 12.3 Å². The third kappa shape index (κ3) is 2.96. The molecule has 1 aliphatic heterocycles. The van der Waals surface area contributed by atoms with Gasteiger partial charge in [-0.25, -0.2) is 0 Å². The summed E-state index contributed by atoms with van der Waals surface area (Å²) in [4.78, 5) is 12.0. The van der Waals surface area contributed by atoms with E-state index in [4.69, 9.17) is 15.2 Å². The van der Waals surface area contributed by atoms with Gasteiger partial charge in [0.15, 0.2) is 0 Å². The third-order valence-corrected chi connectivity index (χ3v) is 4.31. The van der Waals surface area contributed by atoms with Crippen molar-refractivity contribution in [2.75, 3.05) is 12.3 Å². The SMILES string of the molecule is Nc1cccc(CC(=O)OC2CCOC3(CCC3)C2)c1. The highest BCUT2D eigenvalue weighted by Gasteiger charge is 2.43. The van der Waals surface area contributed by atoms with Crippen LogP contribution in [0.4, 0.5) is 5.69 Å². The summed E-state index contributed by atoms with van der Waals surface area (Å²) in [7, 11) is 0. The fourth-order valence-corrected chi connectivity index (χ4v) is 3.10. The molecule has 1 atom stereocenters. The van der Waals surface area contributed by atoms with E-state index in [1.165, 1.54) is 6.42 Å². The number of hydrogen-bond acceptors (Lipinski definition) is 4. The van der Waals surface area contributed by atoms with Crippen LogP contribution in [0.2, 0.25) is 0 Å². The molecule has 2 aliphatic rings. The highest BCUT2D eigenvalue weighted by molar-refractivity contribution is 5.73. The zero-order chi connectivity index (χ0) is 14.0. The second-order valence-electron chi connectivity index (χ2n) is 5.91. The molecule has 4 heteroatoms. The maximum absolute atomic E-state index is 12.0. The molecule has 1 aliphatic carbocycles. The lowest BCUT2D eigenvalue weighted by Crippen LogP contribution is -2.48. The Balaban J connectivity index is 1.53. The average molecular weight is 275 g/mol. The Labute approximate surface area is 119 Å². The van der Waals surface area contributed by atoms with E-state index < -0.39 is 0 Å². The number of ether oxygens (including phenoxy) is 2. The highest BCUT2D eigenvalue weighted by Crippen LogP contribution is 2.43. The van der Waals surface area contributed by atoms with Crippen LogP contribution < -0.4 is 5.73 Å². The predicted octanol–water partition coefficient (Wildman–Crippen LogP) is 2.46. The summed E-state index contributed by atoms with van der Waals surface area (Å²) in [5.74, 6) is -0.169. The van der Waals surface area contributed by atoms with Crippen LogP contribution in [0.15, 0.2) is 24.3 Å². The molecule has 2 N–H and O–H groups in total. The first-order valence-electron chi connectivity index (χ1n) is 7.33. The number of nitrogen functional groups attached to an aromatic ring is 1. The molecule has 1 saturated carbocycles. The van der Waals surface area contributed by atoms with E-state index in [2.05, 4.69) is 0 Å². The van der Waals surface area contributed by atoms with Crippen molar-refractivity contribution in [3.8, 4) is 0 Å². The average Bonchev–Trinajstić information content (AvgIpc) is 2.37. The van der Waals surface area contributed by atoms with Gasteiger partial charge in [0.2, 0.25) is 0 Å². The normalized spacial score (nSPS) is 24.1. The smallest absolute Gasteiger partial charge is 0.310 e. The number of hydrogen-bond donors (Lipinski definition) is 1. The summed E-state index contributed by atoms with van der Waals surface area (Å²) in [5.41, 5.74) is 7.30. The van der Waals surface area contributed by atoms with Crippen molar-refractivity contribution in [2.45, 2.75) is 50.2 Å². The van der Waals surface area contributed by atoms with Gasteiger partial charge in [0.1, 0.15) is 6.10 Å².